The lowest BCUT2D eigenvalue weighted by atomic mass is 10.4. The van der Waals surface area contributed by atoms with Crippen molar-refractivity contribution in [2.75, 3.05) is 11.1 Å². The minimum Gasteiger partial charge on any atom is -0.301 e. The fourth-order valence-corrected chi connectivity index (χ4v) is 3.35. The zero-order valence-electron chi connectivity index (χ0n) is 11.8. The Bertz CT molecular complexity index is 897. The van der Waals surface area contributed by atoms with Crippen molar-refractivity contribution < 1.29 is 4.79 Å². The molecule has 0 saturated carbocycles. The first-order valence-corrected chi connectivity index (χ1v) is 8.19. The van der Waals surface area contributed by atoms with Crippen LogP contribution in [-0.2, 0) is 4.79 Å². The first-order valence-electron chi connectivity index (χ1n) is 6.33. The summed E-state index contributed by atoms with van der Waals surface area (Å²) in [6.45, 7) is 3.65. The van der Waals surface area contributed by atoms with Gasteiger partial charge in [-0.3, -0.25) is 19.0 Å². The standard InChI is InChI=1S/C12H12N6O2S2/c1-6-4-21-11(13-6)15-9(20)5-22-12-17-16-10-14-8(19)3-7(2)18(10)12/h3-4H,5H2,1-2H3,(H,13,15,20)(H,14,16,19). The number of thioether (sulfide) groups is 1. The molecule has 0 aliphatic heterocycles. The largest absolute Gasteiger partial charge is 0.301 e. The molecule has 2 N–H and O–H groups in total. The molecule has 22 heavy (non-hydrogen) atoms. The number of nitrogens with zero attached hydrogens (tertiary/aromatic N) is 4. The Balaban J connectivity index is 1.71. The van der Waals surface area contributed by atoms with E-state index in [-0.39, 0.29) is 17.2 Å². The molecule has 0 spiro atoms. The summed E-state index contributed by atoms with van der Waals surface area (Å²) in [6.07, 6.45) is 0. The summed E-state index contributed by atoms with van der Waals surface area (Å²) in [5, 5.41) is 13.6. The van der Waals surface area contributed by atoms with Gasteiger partial charge in [0, 0.05) is 17.1 Å². The second kappa shape index (κ2) is 5.89. The lowest BCUT2D eigenvalue weighted by Gasteiger charge is -2.03. The van der Waals surface area contributed by atoms with Crippen LogP contribution in [0.25, 0.3) is 5.78 Å². The molecule has 3 heterocycles. The lowest BCUT2D eigenvalue weighted by Crippen LogP contribution is -2.14. The van der Waals surface area contributed by atoms with Gasteiger partial charge in [0.1, 0.15) is 0 Å². The van der Waals surface area contributed by atoms with Gasteiger partial charge in [-0.15, -0.1) is 21.5 Å². The van der Waals surface area contributed by atoms with E-state index in [1.54, 1.807) is 11.3 Å². The van der Waals surface area contributed by atoms with E-state index in [0.717, 1.165) is 5.69 Å². The molecule has 3 aromatic heterocycles. The summed E-state index contributed by atoms with van der Waals surface area (Å²) < 4.78 is 1.70. The summed E-state index contributed by atoms with van der Waals surface area (Å²) in [7, 11) is 0. The van der Waals surface area contributed by atoms with Crippen molar-refractivity contribution >= 4 is 39.9 Å². The minimum absolute atomic E-state index is 0.168. The quantitative estimate of drug-likeness (QED) is 0.694. The summed E-state index contributed by atoms with van der Waals surface area (Å²) in [6, 6.07) is 1.46. The number of hydrogen-bond acceptors (Lipinski definition) is 7. The zero-order valence-corrected chi connectivity index (χ0v) is 13.4. The number of carbonyl (C=O) groups is 1. The molecule has 0 atom stereocenters. The van der Waals surface area contributed by atoms with Gasteiger partial charge in [-0.25, -0.2) is 4.98 Å². The maximum absolute atomic E-state index is 11.9. The number of aryl methyl sites for hydroxylation is 2. The third-order valence-corrected chi connectivity index (χ3v) is 4.56. The van der Waals surface area contributed by atoms with Gasteiger partial charge < -0.3 is 5.32 Å². The Morgan fingerprint density at radius 2 is 2.27 bits per heavy atom. The molecule has 3 aromatic rings. The fraction of sp³-hybridized carbons (Fsp3) is 0.250. The molecule has 0 fully saturated rings. The second-order valence-corrected chi connectivity index (χ2v) is 6.35. The highest BCUT2D eigenvalue weighted by Gasteiger charge is 2.12. The average molecular weight is 336 g/mol. The summed E-state index contributed by atoms with van der Waals surface area (Å²) in [4.78, 5) is 30.0. The molecule has 0 saturated heterocycles. The van der Waals surface area contributed by atoms with Crippen molar-refractivity contribution in [1.82, 2.24) is 24.6 Å². The van der Waals surface area contributed by atoms with Gasteiger partial charge in [0.2, 0.25) is 11.7 Å². The Morgan fingerprint density at radius 3 is 3.00 bits per heavy atom. The van der Waals surface area contributed by atoms with Crippen LogP contribution in [-0.4, -0.2) is 36.2 Å². The van der Waals surface area contributed by atoms with Gasteiger partial charge in [-0.2, -0.15) is 0 Å². The van der Waals surface area contributed by atoms with E-state index >= 15 is 0 Å². The van der Waals surface area contributed by atoms with Crippen molar-refractivity contribution in [3.8, 4) is 0 Å². The number of rotatable bonds is 4. The van der Waals surface area contributed by atoms with Crippen molar-refractivity contribution in [2.24, 2.45) is 0 Å². The van der Waals surface area contributed by atoms with E-state index in [2.05, 4.69) is 25.5 Å². The van der Waals surface area contributed by atoms with E-state index in [9.17, 15) is 9.59 Å². The van der Waals surface area contributed by atoms with Crippen LogP contribution in [0, 0.1) is 13.8 Å². The second-order valence-electron chi connectivity index (χ2n) is 4.55. The molecule has 10 heteroatoms. The Hall–Kier alpha value is -2.20. The lowest BCUT2D eigenvalue weighted by molar-refractivity contribution is -0.113. The van der Waals surface area contributed by atoms with E-state index in [1.165, 1.54) is 29.2 Å². The number of thiazole rings is 1. The SMILES string of the molecule is Cc1csc(NC(=O)CSc2nnc3[nH]c(=O)cc(C)n23)n1. The highest BCUT2D eigenvalue weighted by molar-refractivity contribution is 7.99. The van der Waals surface area contributed by atoms with Crippen LogP contribution in [0.15, 0.2) is 21.4 Å². The number of anilines is 1. The van der Waals surface area contributed by atoms with Gasteiger partial charge in [0.05, 0.1) is 11.4 Å². The molecule has 0 aliphatic carbocycles. The van der Waals surface area contributed by atoms with Crippen molar-refractivity contribution in [3.05, 3.63) is 33.2 Å². The summed E-state index contributed by atoms with van der Waals surface area (Å²) in [5.41, 5.74) is 1.35. The van der Waals surface area contributed by atoms with Crippen LogP contribution >= 0.6 is 23.1 Å². The van der Waals surface area contributed by atoms with E-state index < -0.39 is 0 Å². The molecular formula is C12H12N6O2S2. The Kier molecular flexibility index (Phi) is 3.94. The van der Waals surface area contributed by atoms with Crippen LogP contribution in [0.2, 0.25) is 0 Å². The van der Waals surface area contributed by atoms with Crippen molar-refractivity contribution in [3.63, 3.8) is 0 Å². The molecule has 0 aromatic carbocycles. The smallest absolute Gasteiger partial charge is 0.252 e. The first-order chi connectivity index (χ1) is 10.5. The molecule has 3 rings (SSSR count). The molecular weight excluding hydrogens is 324 g/mol. The van der Waals surface area contributed by atoms with Gasteiger partial charge in [-0.05, 0) is 13.8 Å². The minimum atomic E-state index is -0.231. The van der Waals surface area contributed by atoms with Gasteiger partial charge in [0.25, 0.3) is 5.56 Å². The van der Waals surface area contributed by atoms with Gasteiger partial charge >= 0.3 is 0 Å². The highest BCUT2D eigenvalue weighted by Crippen LogP contribution is 2.19. The highest BCUT2D eigenvalue weighted by atomic mass is 32.2. The normalized spacial score (nSPS) is 11.0. The van der Waals surface area contributed by atoms with E-state index in [1.807, 2.05) is 12.3 Å². The van der Waals surface area contributed by atoms with Crippen LogP contribution < -0.4 is 10.9 Å². The topological polar surface area (TPSA) is 105 Å². The number of aromatic nitrogens is 5. The third kappa shape index (κ3) is 3.02. The Labute approximate surface area is 133 Å². The monoisotopic (exact) mass is 336 g/mol. The summed E-state index contributed by atoms with van der Waals surface area (Å²) in [5.74, 6) is 0.375. The van der Waals surface area contributed by atoms with Crippen LogP contribution in [0.5, 0.6) is 0 Å². The summed E-state index contributed by atoms with van der Waals surface area (Å²) >= 11 is 2.63. The van der Waals surface area contributed by atoms with Crippen molar-refractivity contribution in [1.29, 1.82) is 0 Å². The third-order valence-electron chi connectivity index (χ3n) is 2.76. The average Bonchev–Trinajstić information content (AvgIpc) is 3.03. The van der Waals surface area contributed by atoms with Gasteiger partial charge in [-0.1, -0.05) is 11.8 Å². The number of amides is 1. The number of aromatic amines is 1. The molecule has 0 bridgehead atoms. The molecule has 1 amide bonds. The zero-order chi connectivity index (χ0) is 15.7. The predicted octanol–water partition coefficient (Wildman–Crippen LogP) is 1.22. The number of nitrogens with one attached hydrogen (secondary N) is 2. The van der Waals surface area contributed by atoms with E-state index in [0.29, 0.717) is 21.8 Å². The predicted molar refractivity (Wildman–Crippen MR) is 84.5 cm³/mol. The van der Waals surface area contributed by atoms with Crippen molar-refractivity contribution in [2.45, 2.75) is 19.0 Å². The molecule has 0 unspecified atom stereocenters. The van der Waals surface area contributed by atoms with Gasteiger partial charge in [0.15, 0.2) is 10.3 Å². The fourth-order valence-electron chi connectivity index (χ4n) is 1.86. The number of fused-ring (bicyclic) bond motifs is 1. The Morgan fingerprint density at radius 1 is 1.45 bits per heavy atom. The molecule has 114 valence electrons. The molecule has 0 aliphatic rings. The molecule has 0 radical (unpaired) electrons. The number of H-pyrrole nitrogens is 1. The first kappa shape index (κ1) is 14.7. The number of carbonyl (C=O) groups excluding carboxylic acids is 1. The number of hydrogen-bond donors (Lipinski definition) is 2. The van der Waals surface area contributed by atoms with Crippen LogP contribution in [0.4, 0.5) is 5.13 Å². The maximum Gasteiger partial charge on any atom is 0.252 e. The van der Waals surface area contributed by atoms with Crippen LogP contribution in [0.1, 0.15) is 11.4 Å². The maximum atomic E-state index is 11.9. The van der Waals surface area contributed by atoms with E-state index in [4.69, 9.17) is 0 Å². The molecule has 8 nitrogen and oxygen atoms in total. The van der Waals surface area contributed by atoms with Crippen LogP contribution in [0.3, 0.4) is 0 Å².